The molecule has 0 aromatic heterocycles. The highest BCUT2D eigenvalue weighted by Gasteiger charge is 2.15. The number of nitrogens with zero attached hydrogens (tertiary/aromatic N) is 2. The van der Waals surface area contributed by atoms with Crippen molar-refractivity contribution < 1.29 is 15.0 Å². The molecule has 2 N–H and O–H groups in total. The first-order valence-electron chi connectivity index (χ1n) is 3.07. The second-order valence-corrected chi connectivity index (χ2v) is 2.22. The molecule has 0 aromatic carbocycles. The lowest BCUT2D eigenvalue weighted by Gasteiger charge is -1.97. The van der Waals surface area contributed by atoms with Crippen LogP contribution in [0.5, 0.6) is 0 Å². The Hall–Kier alpha value is -0.880. The molecule has 0 bridgehead atoms. The summed E-state index contributed by atoms with van der Waals surface area (Å²) >= 11 is 3.88. The van der Waals surface area contributed by atoms with E-state index < -0.39 is 5.97 Å². The van der Waals surface area contributed by atoms with Crippen LogP contribution in [0.25, 0.3) is 0 Å². The first-order chi connectivity index (χ1) is 5.34. The Morgan fingerprint density at radius 3 is 3.18 bits per heavy atom. The fourth-order valence-electron chi connectivity index (χ4n) is 0.554. The van der Waals surface area contributed by atoms with Crippen LogP contribution in [-0.4, -0.2) is 18.3 Å². The molecule has 0 spiro atoms. The Kier molecular flexibility index (Phi) is 3.06. The van der Waals surface area contributed by atoms with Crippen molar-refractivity contribution in [2.45, 2.75) is 0 Å². The highest BCUT2D eigenvalue weighted by Crippen LogP contribution is 2.00. The lowest BCUT2D eigenvalue weighted by Crippen LogP contribution is -2.69. The van der Waals surface area contributed by atoms with Crippen LogP contribution >= 0.6 is 12.6 Å². The van der Waals surface area contributed by atoms with Gasteiger partial charge < -0.3 is 4.74 Å². The van der Waals surface area contributed by atoms with Crippen molar-refractivity contribution in [3.05, 3.63) is 11.9 Å². The number of nitrogens with two attached hydrogens (primary N) is 1. The summed E-state index contributed by atoms with van der Waals surface area (Å²) in [5.74, 6) is 0.0661. The Bertz CT molecular complexity index is 214. The third-order valence-electron chi connectivity index (χ3n) is 0.998. The summed E-state index contributed by atoms with van der Waals surface area (Å²) in [6.07, 6.45) is 1.50. The molecule has 1 aliphatic heterocycles. The summed E-state index contributed by atoms with van der Waals surface area (Å²) in [5, 5.41) is 7.00. The van der Waals surface area contributed by atoms with Crippen molar-refractivity contribution in [3.63, 3.8) is 0 Å². The number of ether oxygens (including phenoxy) is 1. The second kappa shape index (κ2) is 4.09. The molecule has 0 saturated heterocycles. The van der Waals surface area contributed by atoms with Crippen molar-refractivity contribution in [2.75, 3.05) is 12.4 Å². The molecule has 0 aliphatic carbocycles. The van der Waals surface area contributed by atoms with Gasteiger partial charge in [-0.2, -0.15) is 18.1 Å². The van der Waals surface area contributed by atoms with Gasteiger partial charge in [-0.1, -0.05) is 5.11 Å². The largest absolute Gasteiger partial charge is 0.460 e. The van der Waals surface area contributed by atoms with Gasteiger partial charge in [0.25, 0.3) is 0 Å². The number of esters is 1. The van der Waals surface area contributed by atoms with Gasteiger partial charge in [-0.05, 0) is 0 Å². The average molecular weight is 174 g/mol. The van der Waals surface area contributed by atoms with E-state index in [9.17, 15) is 4.79 Å². The van der Waals surface area contributed by atoms with E-state index in [-0.39, 0.29) is 5.70 Å². The zero-order valence-corrected chi connectivity index (χ0v) is 6.62. The minimum absolute atomic E-state index is 0.242. The molecule has 60 valence electrons. The van der Waals surface area contributed by atoms with Crippen LogP contribution in [-0.2, 0) is 9.53 Å². The SMILES string of the molecule is O=C(OCCS)C1=C[NH2+]N=N1. The molecule has 11 heavy (non-hydrogen) atoms. The van der Waals surface area contributed by atoms with Crippen LogP contribution in [0, 0.1) is 0 Å². The molecule has 1 rings (SSSR count). The smallest absolute Gasteiger partial charge is 0.364 e. The zero-order valence-electron chi connectivity index (χ0n) is 5.73. The monoisotopic (exact) mass is 174 g/mol. The minimum Gasteiger partial charge on any atom is -0.460 e. The molecule has 5 nitrogen and oxygen atoms in total. The van der Waals surface area contributed by atoms with E-state index in [1.54, 1.807) is 0 Å². The van der Waals surface area contributed by atoms with E-state index in [0.29, 0.717) is 12.4 Å². The molecule has 0 aromatic rings. The van der Waals surface area contributed by atoms with Crippen LogP contribution in [0.15, 0.2) is 22.2 Å². The number of quaternary nitrogens is 1. The maximum Gasteiger partial charge on any atom is 0.364 e. The normalized spacial score (nSPS) is 14.8. The molecule has 1 heterocycles. The van der Waals surface area contributed by atoms with Gasteiger partial charge in [0.05, 0.1) is 0 Å². The van der Waals surface area contributed by atoms with E-state index in [4.69, 9.17) is 4.74 Å². The van der Waals surface area contributed by atoms with Gasteiger partial charge >= 0.3 is 5.97 Å². The summed E-state index contributed by atoms with van der Waals surface area (Å²) in [4.78, 5) is 10.9. The van der Waals surface area contributed by atoms with Crippen LogP contribution in [0.1, 0.15) is 0 Å². The van der Waals surface area contributed by atoms with Gasteiger partial charge in [-0.3, -0.25) is 0 Å². The molecule has 0 unspecified atom stereocenters. The maximum absolute atomic E-state index is 10.9. The van der Waals surface area contributed by atoms with Gasteiger partial charge in [0.15, 0.2) is 6.20 Å². The number of thiol groups is 1. The highest BCUT2D eigenvalue weighted by atomic mass is 32.1. The Morgan fingerprint density at radius 2 is 2.64 bits per heavy atom. The number of hydrogen-bond donors (Lipinski definition) is 2. The summed E-state index contributed by atoms with van der Waals surface area (Å²) in [6, 6.07) is 0. The number of hydrogen-bond acceptors (Lipinski definition) is 5. The Labute approximate surface area is 68.9 Å². The Balaban J connectivity index is 2.35. The average Bonchev–Trinajstić information content (AvgIpc) is 2.52. The number of rotatable bonds is 3. The van der Waals surface area contributed by atoms with Crippen molar-refractivity contribution in [3.8, 4) is 0 Å². The molecule has 6 heteroatoms. The molecule has 0 saturated carbocycles. The van der Waals surface area contributed by atoms with E-state index >= 15 is 0 Å². The molecular weight excluding hydrogens is 166 g/mol. The third kappa shape index (κ3) is 2.32. The first kappa shape index (κ1) is 8.22. The van der Waals surface area contributed by atoms with Gasteiger partial charge in [-0.15, -0.1) is 0 Å². The summed E-state index contributed by atoms with van der Waals surface area (Å²) in [7, 11) is 0. The van der Waals surface area contributed by atoms with Crippen molar-refractivity contribution >= 4 is 18.6 Å². The second-order valence-electron chi connectivity index (χ2n) is 1.78. The fourth-order valence-corrected chi connectivity index (χ4v) is 0.645. The number of carbonyl (C=O) groups is 1. The maximum atomic E-state index is 10.9. The van der Waals surface area contributed by atoms with E-state index in [1.807, 2.05) is 0 Å². The number of carbonyl (C=O) groups excluding carboxylic acids is 1. The van der Waals surface area contributed by atoms with E-state index in [2.05, 4.69) is 23.0 Å². The summed E-state index contributed by atoms with van der Waals surface area (Å²) in [6.45, 7) is 0.300. The van der Waals surface area contributed by atoms with Crippen LogP contribution in [0.4, 0.5) is 0 Å². The van der Waals surface area contributed by atoms with E-state index in [0.717, 1.165) is 0 Å². The van der Waals surface area contributed by atoms with Gasteiger partial charge in [-0.25, -0.2) is 4.79 Å². The quantitative estimate of drug-likeness (QED) is 0.335. The third-order valence-corrected chi connectivity index (χ3v) is 1.18. The molecule has 0 amide bonds. The molecule has 0 fully saturated rings. The molecular formula is C5H8N3O2S+. The predicted octanol–water partition coefficient (Wildman–Crippen LogP) is -0.755. The standard InChI is InChI=1S/C5H7N3O2S/c9-5(10-1-2-11)4-3-6-8-7-4/h3,11H,1-2H2,(H,6,7,8)/p+1. The van der Waals surface area contributed by atoms with Crippen LogP contribution < -0.4 is 5.43 Å². The van der Waals surface area contributed by atoms with Crippen molar-refractivity contribution in [1.29, 1.82) is 0 Å². The molecule has 1 aliphatic rings. The van der Waals surface area contributed by atoms with Gasteiger partial charge in [0.2, 0.25) is 5.70 Å². The van der Waals surface area contributed by atoms with Gasteiger partial charge in [0, 0.05) is 11.0 Å². The lowest BCUT2D eigenvalue weighted by atomic mass is 10.5. The highest BCUT2D eigenvalue weighted by molar-refractivity contribution is 7.80. The lowest BCUT2D eigenvalue weighted by molar-refractivity contribution is -0.595. The summed E-state index contributed by atoms with van der Waals surface area (Å²) < 4.78 is 4.72. The van der Waals surface area contributed by atoms with Gasteiger partial charge in [0.1, 0.15) is 6.61 Å². The Morgan fingerprint density at radius 1 is 1.82 bits per heavy atom. The van der Waals surface area contributed by atoms with Crippen molar-refractivity contribution in [1.82, 2.24) is 0 Å². The topological polar surface area (TPSA) is 67.6 Å². The van der Waals surface area contributed by atoms with Crippen LogP contribution in [0.2, 0.25) is 0 Å². The fraction of sp³-hybridized carbons (Fsp3) is 0.400. The predicted molar refractivity (Wildman–Crippen MR) is 39.7 cm³/mol. The zero-order chi connectivity index (χ0) is 8.10. The summed E-state index contributed by atoms with van der Waals surface area (Å²) in [5.41, 5.74) is 1.68. The minimum atomic E-state index is -0.448. The molecule has 0 atom stereocenters. The van der Waals surface area contributed by atoms with E-state index in [1.165, 1.54) is 11.6 Å². The first-order valence-corrected chi connectivity index (χ1v) is 3.70. The van der Waals surface area contributed by atoms with Crippen molar-refractivity contribution in [2.24, 2.45) is 10.3 Å². The molecule has 0 radical (unpaired) electrons. The van der Waals surface area contributed by atoms with Crippen LogP contribution in [0.3, 0.4) is 0 Å².